The summed E-state index contributed by atoms with van der Waals surface area (Å²) in [6, 6.07) is 13.5. The number of hydrogen-bond acceptors (Lipinski definition) is 9. The van der Waals surface area contributed by atoms with Crippen LogP contribution in [-0.4, -0.2) is 43.7 Å². The van der Waals surface area contributed by atoms with Crippen molar-refractivity contribution in [3.05, 3.63) is 65.2 Å². The summed E-state index contributed by atoms with van der Waals surface area (Å²) in [5, 5.41) is 24.1. The molecular formula is C21H20FN7O2S2. The van der Waals surface area contributed by atoms with Crippen LogP contribution in [0.15, 0.2) is 53.7 Å². The van der Waals surface area contributed by atoms with Crippen LogP contribution in [0, 0.1) is 12.7 Å². The zero-order chi connectivity index (χ0) is 23.2. The number of rotatable bonds is 9. The second-order valence-corrected chi connectivity index (χ2v) is 8.88. The molecule has 2 N–H and O–H groups in total. The highest BCUT2D eigenvalue weighted by atomic mass is 32.2. The molecule has 2 aromatic carbocycles. The number of carbonyl (C=O) groups is 1. The standard InChI is InChI=1S/C21H20FN7O2S2/c1-13-25-27-20(33-13)24-19(30)12-32-21-28-26-18(11-23-15-8-6-14(22)7-9-15)29(21)16-4-3-5-17(10-16)31-2/h3-10,23H,11-12H2,1-2H3,(H,24,27,30). The lowest BCUT2D eigenvalue weighted by Gasteiger charge is -2.12. The quantitative estimate of drug-likeness (QED) is 0.344. The molecule has 0 aliphatic heterocycles. The van der Waals surface area contributed by atoms with Crippen LogP contribution in [0.4, 0.5) is 15.2 Å². The minimum Gasteiger partial charge on any atom is -0.497 e. The highest BCUT2D eigenvalue weighted by Crippen LogP contribution is 2.25. The molecule has 0 saturated heterocycles. The van der Waals surface area contributed by atoms with Gasteiger partial charge in [0.15, 0.2) is 11.0 Å². The molecule has 170 valence electrons. The fourth-order valence-electron chi connectivity index (χ4n) is 2.90. The van der Waals surface area contributed by atoms with Crippen LogP contribution in [0.3, 0.4) is 0 Å². The molecule has 0 saturated carbocycles. The second kappa shape index (κ2) is 10.4. The Morgan fingerprint density at radius 2 is 1.97 bits per heavy atom. The average molecular weight is 486 g/mol. The van der Waals surface area contributed by atoms with E-state index in [0.29, 0.717) is 28.4 Å². The molecule has 0 unspecified atom stereocenters. The van der Waals surface area contributed by atoms with Gasteiger partial charge in [-0.3, -0.25) is 14.7 Å². The van der Waals surface area contributed by atoms with Gasteiger partial charge in [0.2, 0.25) is 11.0 Å². The van der Waals surface area contributed by atoms with E-state index in [-0.39, 0.29) is 17.5 Å². The van der Waals surface area contributed by atoms with Gasteiger partial charge in [-0.1, -0.05) is 29.2 Å². The van der Waals surface area contributed by atoms with Gasteiger partial charge in [0.25, 0.3) is 0 Å². The lowest BCUT2D eigenvalue weighted by Crippen LogP contribution is -2.14. The maximum atomic E-state index is 13.2. The second-order valence-electron chi connectivity index (χ2n) is 6.76. The van der Waals surface area contributed by atoms with Crippen molar-refractivity contribution in [2.75, 3.05) is 23.5 Å². The van der Waals surface area contributed by atoms with Gasteiger partial charge in [-0.25, -0.2) is 4.39 Å². The maximum Gasteiger partial charge on any atom is 0.236 e. The van der Waals surface area contributed by atoms with Crippen LogP contribution in [0.25, 0.3) is 5.69 Å². The minimum atomic E-state index is -0.305. The van der Waals surface area contributed by atoms with Crippen LogP contribution in [-0.2, 0) is 11.3 Å². The summed E-state index contributed by atoms with van der Waals surface area (Å²) in [6.07, 6.45) is 0. The molecule has 4 aromatic rings. The van der Waals surface area contributed by atoms with Gasteiger partial charge in [-0.05, 0) is 43.3 Å². The molecular weight excluding hydrogens is 465 g/mol. The van der Waals surface area contributed by atoms with Crippen LogP contribution in [0.5, 0.6) is 5.75 Å². The smallest absolute Gasteiger partial charge is 0.236 e. The lowest BCUT2D eigenvalue weighted by atomic mass is 10.3. The summed E-state index contributed by atoms with van der Waals surface area (Å²) < 4.78 is 20.4. The number of nitrogens with zero attached hydrogens (tertiary/aromatic N) is 5. The average Bonchev–Trinajstić information content (AvgIpc) is 3.42. The first-order valence-electron chi connectivity index (χ1n) is 9.83. The van der Waals surface area contributed by atoms with Gasteiger partial charge in [0, 0.05) is 11.8 Å². The Morgan fingerprint density at radius 1 is 1.15 bits per heavy atom. The fraction of sp³-hybridized carbons (Fsp3) is 0.190. The van der Waals surface area contributed by atoms with Crippen molar-refractivity contribution in [3.63, 3.8) is 0 Å². The van der Waals surface area contributed by atoms with Crippen LogP contribution >= 0.6 is 23.1 Å². The number of halogens is 1. The minimum absolute atomic E-state index is 0.117. The van der Waals surface area contributed by atoms with Crippen molar-refractivity contribution in [1.29, 1.82) is 0 Å². The van der Waals surface area contributed by atoms with Crippen molar-refractivity contribution in [1.82, 2.24) is 25.0 Å². The number of methoxy groups -OCH3 is 1. The molecule has 2 heterocycles. The third-order valence-electron chi connectivity index (χ3n) is 4.41. The van der Waals surface area contributed by atoms with E-state index in [4.69, 9.17) is 4.74 Å². The number of benzene rings is 2. The van der Waals surface area contributed by atoms with E-state index in [2.05, 4.69) is 31.0 Å². The number of carbonyl (C=O) groups excluding carboxylic acids is 1. The normalized spacial score (nSPS) is 10.8. The molecule has 0 aliphatic rings. The highest BCUT2D eigenvalue weighted by molar-refractivity contribution is 7.99. The van der Waals surface area contributed by atoms with Crippen molar-refractivity contribution in [2.24, 2.45) is 0 Å². The summed E-state index contributed by atoms with van der Waals surface area (Å²) in [6.45, 7) is 2.16. The maximum absolute atomic E-state index is 13.2. The summed E-state index contributed by atoms with van der Waals surface area (Å²) >= 11 is 2.56. The van der Waals surface area contributed by atoms with Crippen LogP contribution < -0.4 is 15.4 Å². The predicted molar refractivity (Wildman–Crippen MR) is 126 cm³/mol. The van der Waals surface area contributed by atoms with Crippen LogP contribution in [0.2, 0.25) is 0 Å². The lowest BCUT2D eigenvalue weighted by molar-refractivity contribution is -0.113. The number of hydrogen-bond donors (Lipinski definition) is 2. The van der Waals surface area contributed by atoms with E-state index in [1.54, 1.807) is 19.2 Å². The molecule has 9 nitrogen and oxygen atoms in total. The first-order valence-corrected chi connectivity index (χ1v) is 11.6. The Labute approximate surface area is 197 Å². The highest BCUT2D eigenvalue weighted by Gasteiger charge is 2.17. The molecule has 4 rings (SSSR count). The molecule has 1 amide bonds. The molecule has 0 fully saturated rings. The molecule has 0 bridgehead atoms. The Bertz CT molecular complexity index is 1240. The summed E-state index contributed by atoms with van der Waals surface area (Å²) in [5.41, 5.74) is 1.54. The number of amides is 1. The predicted octanol–water partition coefficient (Wildman–Crippen LogP) is 3.92. The van der Waals surface area contributed by atoms with E-state index in [0.717, 1.165) is 16.4 Å². The topological polar surface area (TPSA) is 107 Å². The number of aryl methyl sites for hydroxylation is 1. The number of nitrogens with one attached hydrogen (secondary N) is 2. The van der Waals surface area contributed by atoms with E-state index in [1.807, 2.05) is 35.8 Å². The molecule has 0 atom stereocenters. The van der Waals surface area contributed by atoms with E-state index >= 15 is 0 Å². The number of anilines is 2. The van der Waals surface area contributed by atoms with Gasteiger partial charge in [-0.2, -0.15) is 0 Å². The molecule has 2 aromatic heterocycles. The first-order chi connectivity index (χ1) is 16.0. The van der Waals surface area contributed by atoms with E-state index in [9.17, 15) is 9.18 Å². The van der Waals surface area contributed by atoms with Crippen molar-refractivity contribution < 1.29 is 13.9 Å². The van der Waals surface area contributed by atoms with Crippen LogP contribution in [0.1, 0.15) is 10.8 Å². The SMILES string of the molecule is COc1cccc(-n2c(CNc3ccc(F)cc3)nnc2SCC(=O)Nc2nnc(C)s2)c1. The van der Waals surface area contributed by atoms with Gasteiger partial charge in [0.05, 0.1) is 25.1 Å². The monoisotopic (exact) mass is 485 g/mol. The number of thioether (sulfide) groups is 1. The third-order valence-corrected chi connectivity index (χ3v) is 6.09. The Hall–Kier alpha value is -3.51. The fourth-order valence-corrected chi connectivity index (χ4v) is 4.28. The number of aromatic nitrogens is 5. The largest absolute Gasteiger partial charge is 0.497 e. The summed E-state index contributed by atoms with van der Waals surface area (Å²) in [4.78, 5) is 12.4. The first kappa shape index (κ1) is 22.7. The zero-order valence-corrected chi connectivity index (χ0v) is 19.4. The third kappa shape index (κ3) is 5.84. The van der Waals surface area contributed by atoms with Crippen molar-refractivity contribution in [2.45, 2.75) is 18.6 Å². The Morgan fingerprint density at radius 3 is 2.70 bits per heavy atom. The van der Waals surface area contributed by atoms with Gasteiger partial charge < -0.3 is 10.1 Å². The van der Waals surface area contributed by atoms with Gasteiger partial charge in [0.1, 0.15) is 16.6 Å². The Kier molecular flexibility index (Phi) is 7.15. The molecule has 33 heavy (non-hydrogen) atoms. The zero-order valence-electron chi connectivity index (χ0n) is 17.8. The van der Waals surface area contributed by atoms with E-state index < -0.39 is 0 Å². The van der Waals surface area contributed by atoms with E-state index in [1.165, 1.54) is 35.2 Å². The van der Waals surface area contributed by atoms with Crippen molar-refractivity contribution >= 4 is 39.8 Å². The van der Waals surface area contributed by atoms with Gasteiger partial charge >= 0.3 is 0 Å². The summed E-state index contributed by atoms with van der Waals surface area (Å²) in [7, 11) is 1.59. The Balaban J connectivity index is 1.53. The molecule has 12 heteroatoms. The number of ether oxygens (including phenoxy) is 1. The summed E-state index contributed by atoms with van der Waals surface area (Å²) in [5.74, 6) is 0.892. The molecule has 0 aliphatic carbocycles. The van der Waals surface area contributed by atoms with Gasteiger partial charge in [-0.15, -0.1) is 20.4 Å². The van der Waals surface area contributed by atoms with Crippen molar-refractivity contribution in [3.8, 4) is 11.4 Å². The molecule has 0 spiro atoms. The molecule has 0 radical (unpaired) electrons.